The highest BCUT2D eigenvalue weighted by Gasteiger charge is 2.16. The summed E-state index contributed by atoms with van der Waals surface area (Å²) < 4.78 is 5.37. The van der Waals surface area contributed by atoms with Crippen LogP contribution < -0.4 is 0 Å². The van der Waals surface area contributed by atoms with Crippen molar-refractivity contribution in [3.63, 3.8) is 0 Å². The summed E-state index contributed by atoms with van der Waals surface area (Å²) in [7, 11) is 0. The first-order chi connectivity index (χ1) is 6.52. The number of allylic oxidation sites excluding steroid dienone is 1. The first-order valence-electron chi connectivity index (χ1n) is 5.40. The summed E-state index contributed by atoms with van der Waals surface area (Å²) >= 11 is 0. The second-order valence-corrected chi connectivity index (χ2v) is 3.89. The lowest BCUT2D eigenvalue weighted by Crippen LogP contribution is -2.23. The highest BCUT2D eigenvalue weighted by Crippen LogP contribution is 2.12. The van der Waals surface area contributed by atoms with Crippen LogP contribution in [0.4, 0.5) is 0 Å². The molecule has 0 amide bonds. The third kappa shape index (κ3) is 4.45. The molecular formula is C12H22O2. The van der Waals surface area contributed by atoms with Gasteiger partial charge >= 0.3 is 5.97 Å². The molecule has 0 aliphatic heterocycles. The van der Waals surface area contributed by atoms with E-state index in [1.165, 1.54) is 0 Å². The van der Waals surface area contributed by atoms with E-state index in [0.717, 1.165) is 12.8 Å². The summed E-state index contributed by atoms with van der Waals surface area (Å²) in [5.41, 5.74) is 0.714. The molecule has 0 saturated carbocycles. The predicted octanol–water partition coefficient (Wildman–Crippen LogP) is 3.32. The van der Waals surface area contributed by atoms with Crippen molar-refractivity contribution in [3.8, 4) is 0 Å². The molecule has 0 saturated heterocycles. The molecule has 0 bridgehead atoms. The Morgan fingerprint density at radius 3 is 2.29 bits per heavy atom. The lowest BCUT2D eigenvalue weighted by Gasteiger charge is -2.19. The summed E-state index contributed by atoms with van der Waals surface area (Å²) in [5.74, 6) is 0.214. The Hall–Kier alpha value is -0.790. The van der Waals surface area contributed by atoms with E-state index in [4.69, 9.17) is 4.74 Å². The molecule has 1 unspecified atom stereocenters. The van der Waals surface area contributed by atoms with Crippen molar-refractivity contribution in [2.24, 2.45) is 5.92 Å². The van der Waals surface area contributed by atoms with Gasteiger partial charge in [0, 0.05) is 5.57 Å². The number of ether oxygens (including phenoxy) is 1. The number of carbonyl (C=O) groups is 1. The third-order valence-electron chi connectivity index (χ3n) is 2.24. The maximum atomic E-state index is 11.5. The van der Waals surface area contributed by atoms with Crippen LogP contribution in [0.2, 0.25) is 0 Å². The van der Waals surface area contributed by atoms with Gasteiger partial charge in [-0.25, -0.2) is 4.79 Å². The largest absolute Gasteiger partial charge is 0.459 e. The number of hydrogen-bond acceptors (Lipinski definition) is 2. The molecule has 0 fully saturated rings. The van der Waals surface area contributed by atoms with Crippen LogP contribution in [0.25, 0.3) is 0 Å². The molecule has 82 valence electrons. The van der Waals surface area contributed by atoms with Crippen LogP contribution >= 0.6 is 0 Å². The Kier molecular flexibility index (Phi) is 6.26. The monoisotopic (exact) mass is 198 g/mol. The predicted molar refractivity (Wildman–Crippen MR) is 59.1 cm³/mol. The SMILES string of the molecule is CC/C=C(\C)C(=O)OC(CC)C(C)C. The minimum absolute atomic E-state index is 0.0442. The number of esters is 1. The van der Waals surface area contributed by atoms with Gasteiger partial charge in [0.25, 0.3) is 0 Å². The molecule has 0 spiro atoms. The van der Waals surface area contributed by atoms with Crippen LogP contribution in [0.5, 0.6) is 0 Å². The van der Waals surface area contributed by atoms with Gasteiger partial charge in [0.15, 0.2) is 0 Å². The summed E-state index contributed by atoms with van der Waals surface area (Å²) in [4.78, 5) is 11.5. The van der Waals surface area contributed by atoms with Crippen molar-refractivity contribution in [2.75, 3.05) is 0 Å². The van der Waals surface area contributed by atoms with E-state index in [1.807, 2.05) is 19.9 Å². The van der Waals surface area contributed by atoms with Gasteiger partial charge in [0.05, 0.1) is 0 Å². The number of hydrogen-bond donors (Lipinski definition) is 0. The Morgan fingerprint density at radius 1 is 1.36 bits per heavy atom. The molecule has 0 N–H and O–H groups in total. The van der Waals surface area contributed by atoms with Crippen molar-refractivity contribution >= 4 is 5.97 Å². The lowest BCUT2D eigenvalue weighted by atomic mass is 10.1. The minimum atomic E-state index is -0.174. The maximum Gasteiger partial charge on any atom is 0.333 e. The quantitative estimate of drug-likeness (QED) is 0.500. The molecule has 0 radical (unpaired) electrons. The van der Waals surface area contributed by atoms with Crippen molar-refractivity contribution in [2.45, 2.75) is 53.6 Å². The van der Waals surface area contributed by atoms with Crippen LogP contribution in [0, 0.1) is 5.92 Å². The van der Waals surface area contributed by atoms with Crippen LogP contribution in [-0.2, 0) is 9.53 Å². The Bertz CT molecular complexity index is 204. The van der Waals surface area contributed by atoms with Crippen LogP contribution in [0.1, 0.15) is 47.5 Å². The van der Waals surface area contributed by atoms with E-state index in [9.17, 15) is 4.79 Å². The van der Waals surface area contributed by atoms with Gasteiger partial charge in [-0.05, 0) is 25.7 Å². The van der Waals surface area contributed by atoms with E-state index in [1.54, 1.807) is 6.92 Å². The summed E-state index contributed by atoms with van der Waals surface area (Å²) in [6.45, 7) is 9.99. The molecule has 1 atom stereocenters. The van der Waals surface area contributed by atoms with Gasteiger partial charge in [-0.1, -0.05) is 33.8 Å². The fourth-order valence-corrected chi connectivity index (χ4v) is 1.31. The maximum absolute atomic E-state index is 11.5. The molecule has 2 nitrogen and oxygen atoms in total. The highest BCUT2D eigenvalue weighted by atomic mass is 16.5. The summed E-state index contributed by atoms with van der Waals surface area (Å²) in [5, 5.41) is 0. The Labute approximate surface area is 87.3 Å². The zero-order chi connectivity index (χ0) is 11.1. The van der Waals surface area contributed by atoms with Gasteiger partial charge in [-0.15, -0.1) is 0 Å². The lowest BCUT2D eigenvalue weighted by molar-refractivity contribution is -0.146. The second-order valence-electron chi connectivity index (χ2n) is 3.89. The molecule has 0 aromatic rings. The first-order valence-corrected chi connectivity index (χ1v) is 5.40. The van der Waals surface area contributed by atoms with Gasteiger partial charge in [0.1, 0.15) is 6.10 Å². The van der Waals surface area contributed by atoms with Crippen LogP contribution in [-0.4, -0.2) is 12.1 Å². The molecule has 0 aromatic carbocycles. The van der Waals surface area contributed by atoms with Gasteiger partial charge in [-0.3, -0.25) is 0 Å². The summed E-state index contributed by atoms with van der Waals surface area (Å²) in [6, 6.07) is 0. The molecule has 0 aromatic heterocycles. The topological polar surface area (TPSA) is 26.3 Å². The van der Waals surface area contributed by atoms with E-state index in [-0.39, 0.29) is 12.1 Å². The number of carbonyl (C=O) groups excluding carboxylic acids is 1. The molecule has 0 aliphatic rings. The zero-order valence-corrected chi connectivity index (χ0v) is 9.96. The summed E-state index contributed by atoms with van der Waals surface area (Å²) in [6.07, 6.45) is 3.69. The molecule has 0 aliphatic carbocycles. The molecular weight excluding hydrogens is 176 g/mol. The normalized spacial score (nSPS) is 14.3. The molecule has 14 heavy (non-hydrogen) atoms. The van der Waals surface area contributed by atoms with Crippen LogP contribution in [0.3, 0.4) is 0 Å². The van der Waals surface area contributed by atoms with E-state index >= 15 is 0 Å². The Balaban J connectivity index is 4.22. The third-order valence-corrected chi connectivity index (χ3v) is 2.24. The average Bonchev–Trinajstić information content (AvgIpc) is 2.13. The van der Waals surface area contributed by atoms with Crippen molar-refractivity contribution in [3.05, 3.63) is 11.6 Å². The smallest absolute Gasteiger partial charge is 0.333 e. The fourth-order valence-electron chi connectivity index (χ4n) is 1.31. The highest BCUT2D eigenvalue weighted by molar-refractivity contribution is 5.87. The average molecular weight is 198 g/mol. The molecule has 2 heteroatoms. The van der Waals surface area contributed by atoms with E-state index in [0.29, 0.717) is 11.5 Å². The van der Waals surface area contributed by atoms with Crippen molar-refractivity contribution in [1.29, 1.82) is 0 Å². The first kappa shape index (κ1) is 13.2. The van der Waals surface area contributed by atoms with Gasteiger partial charge < -0.3 is 4.74 Å². The van der Waals surface area contributed by atoms with Crippen LogP contribution in [0.15, 0.2) is 11.6 Å². The Morgan fingerprint density at radius 2 is 1.93 bits per heavy atom. The van der Waals surface area contributed by atoms with Gasteiger partial charge in [-0.2, -0.15) is 0 Å². The molecule has 0 heterocycles. The second kappa shape index (κ2) is 6.63. The van der Waals surface area contributed by atoms with E-state index < -0.39 is 0 Å². The van der Waals surface area contributed by atoms with E-state index in [2.05, 4.69) is 13.8 Å². The van der Waals surface area contributed by atoms with Gasteiger partial charge in [0.2, 0.25) is 0 Å². The molecule has 0 rings (SSSR count). The fraction of sp³-hybridized carbons (Fsp3) is 0.750. The zero-order valence-electron chi connectivity index (χ0n) is 9.96. The van der Waals surface area contributed by atoms with Crippen molar-refractivity contribution < 1.29 is 9.53 Å². The number of rotatable bonds is 5. The minimum Gasteiger partial charge on any atom is -0.459 e. The standard InChI is InChI=1S/C12H22O2/c1-6-8-10(5)12(13)14-11(7-2)9(3)4/h8-9,11H,6-7H2,1-5H3/b10-8+. The van der Waals surface area contributed by atoms with Crippen molar-refractivity contribution in [1.82, 2.24) is 0 Å².